The average molecular weight is 277 g/mol. The van der Waals surface area contributed by atoms with Gasteiger partial charge in [-0.3, -0.25) is 4.57 Å². The van der Waals surface area contributed by atoms with Gasteiger partial charge in [-0.2, -0.15) is 0 Å². The first-order chi connectivity index (χ1) is 10.3. The minimum Gasteiger partial charge on any atom is -0.369 e. The number of nitrogen functional groups attached to an aromatic ring is 1. The summed E-state index contributed by atoms with van der Waals surface area (Å²) >= 11 is 0. The standard InChI is InChI=1S/C18H19N3/c1-12-6-4-10-15-17(12)21(18(19)20-15)16-11-5-8-13-7-2-3-9-14(13)16/h4-6,8,10-11H,2-3,7,9H2,1H3,(H2,19,20). The number of fused-ring (bicyclic) bond motifs is 2. The molecule has 3 nitrogen and oxygen atoms in total. The summed E-state index contributed by atoms with van der Waals surface area (Å²) in [6.07, 6.45) is 4.86. The fraction of sp³-hybridized carbons (Fsp3) is 0.278. The van der Waals surface area contributed by atoms with E-state index in [1.54, 1.807) is 0 Å². The molecular formula is C18H19N3. The number of imidazole rings is 1. The number of aromatic nitrogens is 2. The first-order valence-electron chi connectivity index (χ1n) is 7.60. The number of hydrogen-bond donors (Lipinski definition) is 1. The van der Waals surface area contributed by atoms with Gasteiger partial charge in [0.25, 0.3) is 0 Å². The zero-order valence-electron chi connectivity index (χ0n) is 12.3. The molecule has 3 aromatic rings. The van der Waals surface area contributed by atoms with Gasteiger partial charge in [0, 0.05) is 0 Å². The maximum absolute atomic E-state index is 6.24. The molecular weight excluding hydrogens is 258 g/mol. The third kappa shape index (κ3) is 1.84. The fourth-order valence-electron chi connectivity index (χ4n) is 3.53. The first kappa shape index (κ1) is 12.5. The normalized spacial score (nSPS) is 14.3. The number of nitrogens with zero attached hydrogens (tertiary/aromatic N) is 2. The Balaban J connectivity index is 2.06. The van der Waals surface area contributed by atoms with E-state index in [1.165, 1.54) is 41.6 Å². The SMILES string of the molecule is Cc1cccc2nc(N)n(-c3cccc4c3CCCC4)c12. The molecule has 2 aromatic carbocycles. The van der Waals surface area contributed by atoms with Gasteiger partial charge in [-0.1, -0.05) is 24.3 Å². The Hall–Kier alpha value is -2.29. The molecule has 0 aliphatic heterocycles. The van der Waals surface area contributed by atoms with Crippen molar-refractivity contribution in [3.63, 3.8) is 0 Å². The molecule has 106 valence electrons. The second-order valence-electron chi connectivity index (χ2n) is 5.87. The molecule has 0 bridgehead atoms. The maximum Gasteiger partial charge on any atom is 0.205 e. The van der Waals surface area contributed by atoms with Crippen LogP contribution in [0.25, 0.3) is 16.7 Å². The number of hydrogen-bond acceptors (Lipinski definition) is 2. The molecule has 0 amide bonds. The van der Waals surface area contributed by atoms with Gasteiger partial charge in [0.1, 0.15) is 0 Å². The number of rotatable bonds is 1. The second kappa shape index (κ2) is 4.62. The van der Waals surface area contributed by atoms with Crippen LogP contribution in [-0.4, -0.2) is 9.55 Å². The Labute approximate surface area is 124 Å². The van der Waals surface area contributed by atoms with Gasteiger partial charge in [-0.15, -0.1) is 0 Å². The molecule has 1 aliphatic rings. The molecule has 21 heavy (non-hydrogen) atoms. The van der Waals surface area contributed by atoms with Crippen molar-refractivity contribution in [2.75, 3.05) is 5.73 Å². The molecule has 1 heterocycles. The summed E-state index contributed by atoms with van der Waals surface area (Å²) in [7, 11) is 0. The van der Waals surface area contributed by atoms with Crippen LogP contribution < -0.4 is 5.73 Å². The van der Waals surface area contributed by atoms with Crippen LogP contribution in [-0.2, 0) is 12.8 Å². The van der Waals surface area contributed by atoms with Gasteiger partial charge in [-0.25, -0.2) is 4.98 Å². The molecule has 1 aromatic heterocycles. The summed E-state index contributed by atoms with van der Waals surface area (Å²) in [5.74, 6) is 0.582. The minimum absolute atomic E-state index is 0.582. The molecule has 0 atom stereocenters. The lowest BCUT2D eigenvalue weighted by Gasteiger charge is -2.20. The second-order valence-corrected chi connectivity index (χ2v) is 5.87. The fourth-order valence-corrected chi connectivity index (χ4v) is 3.53. The third-order valence-corrected chi connectivity index (χ3v) is 4.52. The average Bonchev–Trinajstić information content (AvgIpc) is 2.84. The predicted octanol–water partition coefficient (Wildman–Crippen LogP) is 3.79. The van der Waals surface area contributed by atoms with Crippen LogP contribution in [0.4, 0.5) is 5.95 Å². The highest BCUT2D eigenvalue weighted by Crippen LogP contribution is 2.32. The molecule has 0 fully saturated rings. The number of aryl methyl sites for hydroxylation is 2. The van der Waals surface area contributed by atoms with Crippen LogP contribution in [0.5, 0.6) is 0 Å². The number of benzene rings is 2. The molecule has 3 heteroatoms. The van der Waals surface area contributed by atoms with Crippen molar-refractivity contribution in [1.82, 2.24) is 9.55 Å². The summed E-state index contributed by atoms with van der Waals surface area (Å²) in [5.41, 5.74) is 13.7. The van der Waals surface area contributed by atoms with Gasteiger partial charge in [-0.05, 0) is 61.4 Å². The van der Waals surface area contributed by atoms with Crippen molar-refractivity contribution in [2.24, 2.45) is 0 Å². The summed E-state index contributed by atoms with van der Waals surface area (Å²) in [5, 5.41) is 0. The van der Waals surface area contributed by atoms with Crippen molar-refractivity contribution in [1.29, 1.82) is 0 Å². The highest BCUT2D eigenvalue weighted by atomic mass is 15.2. The van der Waals surface area contributed by atoms with Crippen molar-refractivity contribution in [3.05, 3.63) is 53.1 Å². The lowest BCUT2D eigenvalue weighted by molar-refractivity contribution is 0.682. The maximum atomic E-state index is 6.24. The number of anilines is 1. The van der Waals surface area contributed by atoms with Gasteiger partial charge in [0.05, 0.1) is 16.7 Å². The monoisotopic (exact) mass is 277 g/mol. The van der Waals surface area contributed by atoms with E-state index in [0.29, 0.717) is 5.95 Å². The van der Waals surface area contributed by atoms with E-state index in [9.17, 15) is 0 Å². The number of para-hydroxylation sites is 1. The minimum atomic E-state index is 0.582. The largest absolute Gasteiger partial charge is 0.369 e. The lowest BCUT2D eigenvalue weighted by Crippen LogP contribution is -2.10. The van der Waals surface area contributed by atoms with Gasteiger partial charge < -0.3 is 5.73 Å². The molecule has 1 aliphatic carbocycles. The van der Waals surface area contributed by atoms with Crippen molar-refractivity contribution in [2.45, 2.75) is 32.6 Å². The summed E-state index contributed by atoms with van der Waals surface area (Å²) in [6, 6.07) is 12.8. The smallest absolute Gasteiger partial charge is 0.205 e. The Bertz CT molecular complexity index is 830. The van der Waals surface area contributed by atoms with Crippen LogP contribution in [0.1, 0.15) is 29.5 Å². The van der Waals surface area contributed by atoms with Gasteiger partial charge in [0.2, 0.25) is 5.95 Å². The van der Waals surface area contributed by atoms with Gasteiger partial charge >= 0.3 is 0 Å². The molecule has 0 spiro atoms. The zero-order chi connectivity index (χ0) is 14.4. The summed E-state index contributed by atoms with van der Waals surface area (Å²) in [6.45, 7) is 2.12. The molecule has 0 radical (unpaired) electrons. The van der Waals surface area contributed by atoms with Gasteiger partial charge in [0.15, 0.2) is 0 Å². The van der Waals surface area contributed by atoms with E-state index in [0.717, 1.165) is 17.5 Å². The first-order valence-corrected chi connectivity index (χ1v) is 7.60. The van der Waals surface area contributed by atoms with E-state index < -0.39 is 0 Å². The van der Waals surface area contributed by atoms with E-state index in [1.807, 2.05) is 12.1 Å². The molecule has 0 unspecified atom stereocenters. The Morgan fingerprint density at radius 3 is 2.76 bits per heavy atom. The Morgan fingerprint density at radius 1 is 1.05 bits per heavy atom. The zero-order valence-corrected chi connectivity index (χ0v) is 12.3. The quantitative estimate of drug-likeness (QED) is 0.735. The summed E-state index contributed by atoms with van der Waals surface area (Å²) in [4.78, 5) is 4.54. The summed E-state index contributed by atoms with van der Waals surface area (Å²) < 4.78 is 2.13. The van der Waals surface area contributed by atoms with E-state index in [4.69, 9.17) is 5.73 Å². The predicted molar refractivity (Wildman–Crippen MR) is 86.9 cm³/mol. The lowest BCUT2D eigenvalue weighted by atomic mass is 9.90. The molecule has 0 saturated heterocycles. The van der Waals surface area contributed by atoms with E-state index >= 15 is 0 Å². The third-order valence-electron chi connectivity index (χ3n) is 4.52. The van der Waals surface area contributed by atoms with Crippen molar-refractivity contribution >= 4 is 17.0 Å². The molecule has 0 saturated carbocycles. The van der Waals surface area contributed by atoms with Crippen molar-refractivity contribution in [3.8, 4) is 5.69 Å². The van der Waals surface area contributed by atoms with Crippen LogP contribution in [0, 0.1) is 6.92 Å². The molecule has 4 rings (SSSR count). The Kier molecular flexibility index (Phi) is 2.74. The number of nitrogens with two attached hydrogens (primary N) is 1. The topological polar surface area (TPSA) is 43.8 Å². The highest BCUT2D eigenvalue weighted by molar-refractivity contribution is 5.84. The van der Waals surface area contributed by atoms with E-state index in [-0.39, 0.29) is 0 Å². The van der Waals surface area contributed by atoms with Crippen LogP contribution in [0.2, 0.25) is 0 Å². The molecule has 2 N–H and O–H groups in total. The van der Waals surface area contributed by atoms with Crippen LogP contribution in [0.15, 0.2) is 36.4 Å². The van der Waals surface area contributed by atoms with Crippen LogP contribution >= 0.6 is 0 Å². The van der Waals surface area contributed by atoms with E-state index in [2.05, 4.69) is 40.7 Å². The highest BCUT2D eigenvalue weighted by Gasteiger charge is 2.18. The Morgan fingerprint density at radius 2 is 1.86 bits per heavy atom. The van der Waals surface area contributed by atoms with Crippen molar-refractivity contribution < 1.29 is 0 Å². The van der Waals surface area contributed by atoms with Crippen LogP contribution in [0.3, 0.4) is 0 Å².